The number of benzene rings is 2. The molecule has 1 aromatic heterocycles. The number of hydrogen-bond acceptors (Lipinski definition) is 2. The largest absolute Gasteiger partial charge is 0.324 e. The molecule has 0 fully saturated rings. The maximum Gasteiger partial charge on any atom is 0.294 e. The van der Waals surface area contributed by atoms with Crippen LogP contribution in [-0.4, -0.2) is 11.8 Å². The highest BCUT2D eigenvalue weighted by atomic mass is 35.5. The minimum absolute atomic E-state index is 0.0955. The molecule has 2 heterocycles. The van der Waals surface area contributed by atoms with Crippen molar-refractivity contribution in [2.75, 3.05) is 10.2 Å². The van der Waals surface area contributed by atoms with Gasteiger partial charge in [-0.05, 0) is 48.5 Å². The number of fused-ring (bicyclic) bond motifs is 1. The maximum absolute atomic E-state index is 13.4. The molecule has 0 saturated heterocycles. The van der Waals surface area contributed by atoms with Gasteiger partial charge in [-0.15, -0.1) is 0 Å². The summed E-state index contributed by atoms with van der Waals surface area (Å²) in [5.41, 5.74) is 1.68. The average Bonchev–Trinajstić information content (AvgIpc) is 2.69. The lowest BCUT2D eigenvalue weighted by Gasteiger charge is -2.32. The first-order valence-electron chi connectivity index (χ1n) is 8.65. The van der Waals surface area contributed by atoms with Crippen LogP contribution in [0, 0.1) is 5.82 Å². The fourth-order valence-corrected chi connectivity index (χ4v) is 3.40. The van der Waals surface area contributed by atoms with Gasteiger partial charge in [-0.1, -0.05) is 17.7 Å². The Morgan fingerprint density at radius 3 is 2.50 bits per heavy atom. The van der Waals surface area contributed by atoms with Gasteiger partial charge in [0.1, 0.15) is 5.82 Å². The highest BCUT2D eigenvalue weighted by Crippen LogP contribution is 2.30. The standard InChI is InChI=1S/C21H15ClFN3O2/c22-14-4-8-16(9-5-14)24-21(28)20-18-3-1-2-12-25(18)13-19(27)26(20)17-10-6-15(23)7-11-17/h1-12,20H,13H2/p+1. The third-order valence-corrected chi connectivity index (χ3v) is 4.81. The second-order valence-corrected chi connectivity index (χ2v) is 6.83. The first kappa shape index (κ1) is 18.1. The molecule has 0 spiro atoms. The number of pyridine rings is 1. The van der Waals surface area contributed by atoms with Crippen molar-refractivity contribution in [1.29, 1.82) is 0 Å². The summed E-state index contributed by atoms with van der Waals surface area (Å²) in [6.07, 6.45) is 1.76. The van der Waals surface area contributed by atoms with Crippen molar-refractivity contribution in [2.45, 2.75) is 12.6 Å². The van der Waals surface area contributed by atoms with E-state index in [1.165, 1.54) is 29.2 Å². The fourth-order valence-electron chi connectivity index (χ4n) is 3.27. The van der Waals surface area contributed by atoms with E-state index in [1.54, 1.807) is 47.2 Å². The van der Waals surface area contributed by atoms with Crippen molar-refractivity contribution in [1.82, 2.24) is 0 Å². The number of carbonyl (C=O) groups is 2. The topological polar surface area (TPSA) is 53.3 Å². The highest BCUT2D eigenvalue weighted by Gasteiger charge is 2.43. The Morgan fingerprint density at radius 1 is 1.07 bits per heavy atom. The molecule has 1 aliphatic rings. The van der Waals surface area contributed by atoms with E-state index < -0.39 is 11.9 Å². The van der Waals surface area contributed by atoms with Gasteiger partial charge in [-0.2, -0.15) is 4.57 Å². The highest BCUT2D eigenvalue weighted by molar-refractivity contribution is 6.30. The molecule has 4 rings (SSSR count). The van der Waals surface area contributed by atoms with E-state index in [9.17, 15) is 14.0 Å². The first-order chi connectivity index (χ1) is 13.5. The molecule has 140 valence electrons. The van der Waals surface area contributed by atoms with Gasteiger partial charge in [-0.3, -0.25) is 14.5 Å². The van der Waals surface area contributed by atoms with Crippen LogP contribution in [0.4, 0.5) is 15.8 Å². The predicted octanol–water partition coefficient (Wildman–Crippen LogP) is 3.49. The normalized spacial score (nSPS) is 15.9. The summed E-state index contributed by atoms with van der Waals surface area (Å²) in [6.45, 7) is 0.0955. The van der Waals surface area contributed by atoms with Gasteiger partial charge < -0.3 is 5.32 Å². The summed E-state index contributed by atoms with van der Waals surface area (Å²) in [6, 6.07) is 16.8. The van der Waals surface area contributed by atoms with E-state index in [0.717, 1.165) is 0 Å². The minimum atomic E-state index is -0.899. The molecule has 1 unspecified atom stereocenters. The zero-order valence-corrected chi connectivity index (χ0v) is 15.4. The van der Waals surface area contributed by atoms with Crippen molar-refractivity contribution in [3.63, 3.8) is 0 Å². The summed E-state index contributed by atoms with van der Waals surface area (Å²) in [4.78, 5) is 27.5. The Hall–Kier alpha value is -3.25. The molecule has 5 nitrogen and oxygen atoms in total. The number of carbonyl (C=O) groups excluding carboxylic acids is 2. The van der Waals surface area contributed by atoms with E-state index in [0.29, 0.717) is 22.1 Å². The van der Waals surface area contributed by atoms with Crippen LogP contribution in [0.15, 0.2) is 72.9 Å². The van der Waals surface area contributed by atoms with Crippen LogP contribution >= 0.6 is 11.6 Å². The van der Waals surface area contributed by atoms with Gasteiger partial charge >= 0.3 is 0 Å². The Labute approximate surface area is 166 Å². The molecule has 0 aliphatic carbocycles. The Balaban J connectivity index is 1.75. The van der Waals surface area contributed by atoms with E-state index >= 15 is 0 Å². The molecule has 1 aliphatic heterocycles. The number of anilines is 2. The number of nitrogens with one attached hydrogen (secondary N) is 1. The molecule has 0 saturated carbocycles. The lowest BCUT2D eigenvalue weighted by Crippen LogP contribution is -2.58. The van der Waals surface area contributed by atoms with Crippen molar-refractivity contribution < 1.29 is 18.5 Å². The summed E-state index contributed by atoms with van der Waals surface area (Å²) in [5.74, 6) is -1.05. The number of nitrogens with zero attached hydrogens (tertiary/aromatic N) is 2. The van der Waals surface area contributed by atoms with Gasteiger partial charge in [0.05, 0.1) is 0 Å². The summed E-state index contributed by atoms with van der Waals surface area (Å²) < 4.78 is 15.1. The van der Waals surface area contributed by atoms with Gasteiger partial charge in [-0.25, -0.2) is 4.39 Å². The fraction of sp³-hybridized carbons (Fsp3) is 0.0952. The second kappa shape index (κ2) is 7.40. The summed E-state index contributed by atoms with van der Waals surface area (Å²) in [7, 11) is 0. The second-order valence-electron chi connectivity index (χ2n) is 6.39. The van der Waals surface area contributed by atoms with E-state index in [4.69, 9.17) is 11.6 Å². The lowest BCUT2D eigenvalue weighted by atomic mass is 10.0. The van der Waals surface area contributed by atoms with Crippen molar-refractivity contribution in [3.05, 3.63) is 89.5 Å². The number of rotatable bonds is 3. The van der Waals surface area contributed by atoms with Crippen LogP contribution in [0.1, 0.15) is 11.7 Å². The molecule has 0 radical (unpaired) electrons. The summed E-state index contributed by atoms with van der Waals surface area (Å²) >= 11 is 5.90. The SMILES string of the molecule is O=C(Nc1ccc(Cl)cc1)C1c2cccc[n+]2CC(=O)N1c1ccc(F)cc1. The molecule has 3 aromatic rings. The molecule has 1 N–H and O–H groups in total. The van der Waals surface area contributed by atoms with Crippen molar-refractivity contribution in [2.24, 2.45) is 0 Å². The predicted molar refractivity (Wildman–Crippen MR) is 103 cm³/mol. The lowest BCUT2D eigenvalue weighted by molar-refractivity contribution is -0.695. The van der Waals surface area contributed by atoms with Gasteiger partial charge in [0.2, 0.25) is 18.3 Å². The maximum atomic E-state index is 13.4. The van der Waals surface area contributed by atoms with Crippen LogP contribution in [0.2, 0.25) is 5.02 Å². The van der Waals surface area contributed by atoms with E-state index in [2.05, 4.69) is 5.32 Å². The Morgan fingerprint density at radius 2 is 1.79 bits per heavy atom. The average molecular weight is 397 g/mol. The molecule has 7 heteroatoms. The zero-order valence-electron chi connectivity index (χ0n) is 14.7. The molecule has 28 heavy (non-hydrogen) atoms. The van der Waals surface area contributed by atoms with Crippen LogP contribution in [0.25, 0.3) is 0 Å². The quantitative estimate of drug-likeness (QED) is 0.689. The third-order valence-electron chi connectivity index (χ3n) is 4.55. The van der Waals surface area contributed by atoms with Gasteiger partial charge in [0.25, 0.3) is 11.8 Å². The smallest absolute Gasteiger partial charge is 0.294 e. The van der Waals surface area contributed by atoms with E-state index in [1.807, 2.05) is 6.07 Å². The van der Waals surface area contributed by atoms with Crippen molar-refractivity contribution >= 4 is 34.8 Å². The van der Waals surface area contributed by atoms with E-state index in [-0.39, 0.29) is 18.4 Å². The molecular formula is C21H16ClFN3O2+. The Kier molecular flexibility index (Phi) is 4.79. The van der Waals surface area contributed by atoms with Crippen LogP contribution in [0.3, 0.4) is 0 Å². The molecule has 2 aromatic carbocycles. The van der Waals surface area contributed by atoms with Crippen LogP contribution in [-0.2, 0) is 16.1 Å². The molecular weight excluding hydrogens is 381 g/mol. The monoisotopic (exact) mass is 396 g/mol. The molecule has 1 atom stereocenters. The number of hydrogen-bond donors (Lipinski definition) is 1. The number of halogens is 2. The number of amides is 2. The van der Waals surface area contributed by atoms with Crippen molar-refractivity contribution in [3.8, 4) is 0 Å². The summed E-state index contributed by atoms with van der Waals surface area (Å²) in [5, 5.41) is 3.39. The van der Waals surface area contributed by atoms with Gasteiger partial charge in [0.15, 0.2) is 6.20 Å². The minimum Gasteiger partial charge on any atom is -0.324 e. The van der Waals surface area contributed by atoms with Gasteiger partial charge in [0, 0.05) is 28.5 Å². The zero-order chi connectivity index (χ0) is 19.7. The Bertz CT molecular complexity index is 1040. The molecule has 0 bridgehead atoms. The van der Waals surface area contributed by atoms with Crippen LogP contribution < -0.4 is 14.8 Å². The number of aromatic nitrogens is 1. The van der Waals surface area contributed by atoms with Crippen LogP contribution in [0.5, 0.6) is 0 Å². The third kappa shape index (κ3) is 3.46. The molecule has 2 amide bonds. The first-order valence-corrected chi connectivity index (χ1v) is 9.03.